The zero-order chi connectivity index (χ0) is 9.90. The van der Waals surface area contributed by atoms with E-state index in [1.165, 1.54) is 5.57 Å². The summed E-state index contributed by atoms with van der Waals surface area (Å²) in [6, 6.07) is 3.85. The molecule has 0 amide bonds. The van der Waals surface area contributed by atoms with Gasteiger partial charge in [-0.2, -0.15) is 0 Å². The largest absolute Gasteiger partial charge is 0.465 e. The molecule has 0 aliphatic rings. The average molecular weight is 179 g/mol. The van der Waals surface area contributed by atoms with Crippen LogP contribution in [-0.2, 0) is 0 Å². The standard InChI is InChI=1S/C11H17NO/c1-9(11(2,3)12-4)8-10-6-5-7-13-10/h5-8,12H,1-4H3/b9-8+. The Labute approximate surface area is 79.6 Å². The summed E-state index contributed by atoms with van der Waals surface area (Å²) < 4.78 is 5.24. The molecule has 0 atom stereocenters. The molecule has 2 heteroatoms. The molecule has 1 rings (SSSR count). The van der Waals surface area contributed by atoms with Gasteiger partial charge in [-0.05, 0) is 46.0 Å². The van der Waals surface area contributed by atoms with Crippen molar-refractivity contribution in [3.8, 4) is 0 Å². The Kier molecular flexibility index (Phi) is 2.94. The first-order valence-corrected chi connectivity index (χ1v) is 4.47. The minimum absolute atomic E-state index is 0.0206. The Balaban J connectivity index is 2.84. The quantitative estimate of drug-likeness (QED) is 0.771. The minimum atomic E-state index is 0.0206. The predicted octanol–water partition coefficient (Wildman–Crippen LogP) is 2.68. The summed E-state index contributed by atoms with van der Waals surface area (Å²) in [6.45, 7) is 6.38. The predicted molar refractivity (Wildman–Crippen MR) is 55.5 cm³/mol. The lowest BCUT2D eigenvalue weighted by atomic mass is 9.95. The SMILES string of the molecule is CNC(C)(C)/C(C)=C/c1ccco1. The minimum Gasteiger partial charge on any atom is -0.465 e. The van der Waals surface area contributed by atoms with E-state index >= 15 is 0 Å². The van der Waals surface area contributed by atoms with Gasteiger partial charge in [0.1, 0.15) is 5.76 Å². The topological polar surface area (TPSA) is 25.2 Å². The van der Waals surface area contributed by atoms with Crippen molar-refractivity contribution >= 4 is 6.08 Å². The van der Waals surface area contributed by atoms with E-state index in [1.54, 1.807) is 6.26 Å². The lowest BCUT2D eigenvalue weighted by molar-refractivity contribution is 0.497. The third-order valence-electron chi connectivity index (χ3n) is 2.51. The number of rotatable bonds is 3. The maximum atomic E-state index is 5.24. The summed E-state index contributed by atoms with van der Waals surface area (Å²) >= 11 is 0. The van der Waals surface area contributed by atoms with Crippen LogP contribution in [0.5, 0.6) is 0 Å². The third kappa shape index (κ3) is 2.46. The summed E-state index contributed by atoms with van der Waals surface area (Å²) in [5.74, 6) is 0.904. The van der Waals surface area contributed by atoms with E-state index in [1.807, 2.05) is 19.2 Å². The highest BCUT2D eigenvalue weighted by atomic mass is 16.3. The second-order valence-corrected chi connectivity index (χ2v) is 3.72. The van der Waals surface area contributed by atoms with Crippen molar-refractivity contribution < 1.29 is 4.42 Å². The smallest absolute Gasteiger partial charge is 0.126 e. The van der Waals surface area contributed by atoms with Crippen molar-refractivity contribution in [3.63, 3.8) is 0 Å². The summed E-state index contributed by atoms with van der Waals surface area (Å²) in [5.41, 5.74) is 1.28. The van der Waals surface area contributed by atoms with Crippen molar-refractivity contribution in [1.82, 2.24) is 5.32 Å². The molecule has 0 radical (unpaired) electrons. The fourth-order valence-electron chi connectivity index (χ4n) is 0.964. The summed E-state index contributed by atoms with van der Waals surface area (Å²) in [7, 11) is 1.96. The van der Waals surface area contributed by atoms with Gasteiger partial charge in [-0.3, -0.25) is 0 Å². The van der Waals surface area contributed by atoms with Crippen LogP contribution in [0, 0.1) is 0 Å². The molecular formula is C11H17NO. The van der Waals surface area contributed by atoms with E-state index in [4.69, 9.17) is 4.42 Å². The van der Waals surface area contributed by atoms with Crippen LogP contribution in [0.25, 0.3) is 6.08 Å². The molecule has 0 bridgehead atoms. The van der Waals surface area contributed by atoms with Gasteiger partial charge < -0.3 is 9.73 Å². The van der Waals surface area contributed by atoms with Crippen LogP contribution in [0.3, 0.4) is 0 Å². The average Bonchev–Trinajstić information content (AvgIpc) is 2.57. The Hall–Kier alpha value is -1.02. The van der Waals surface area contributed by atoms with E-state index < -0.39 is 0 Å². The maximum Gasteiger partial charge on any atom is 0.126 e. The monoisotopic (exact) mass is 179 g/mol. The van der Waals surface area contributed by atoms with Crippen LogP contribution in [0.1, 0.15) is 26.5 Å². The zero-order valence-corrected chi connectivity index (χ0v) is 8.72. The van der Waals surface area contributed by atoms with Gasteiger partial charge in [-0.25, -0.2) is 0 Å². The van der Waals surface area contributed by atoms with E-state index in [2.05, 4.69) is 32.2 Å². The molecule has 0 fully saturated rings. The first-order valence-electron chi connectivity index (χ1n) is 4.47. The molecule has 72 valence electrons. The summed E-state index contributed by atoms with van der Waals surface area (Å²) in [5, 5.41) is 3.24. The number of hydrogen-bond donors (Lipinski definition) is 1. The van der Waals surface area contributed by atoms with Crippen LogP contribution in [0.4, 0.5) is 0 Å². The molecule has 0 saturated carbocycles. The molecule has 1 N–H and O–H groups in total. The van der Waals surface area contributed by atoms with Gasteiger partial charge in [0.05, 0.1) is 6.26 Å². The molecule has 13 heavy (non-hydrogen) atoms. The molecule has 0 aromatic carbocycles. The Morgan fingerprint density at radius 3 is 2.69 bits per heavy atom. The van der Waals surface area contributed by atoms with Gasteiger partial charge in [0, 0.05) is 5.54 Å². The van der Waals surface area contributed by atoms with Gasteiger partial charge in [0.15, 0.2) is 0 Å². The second-order valence-electron chi connectivity index (χ2n) is 3.72. The fraction of sp³-hybridized carbons (Fsp3) is 0.455. The second kappa shape index (κ2) is 3.79. The molecule has 1 aromatic heterocycles. The Bertz CT molecular complexity index is 283. The van der Waals surface area contributed by atoms with Gasteiger partial charge >= 0.3 is 0 Å². The van der Waals surface area contributed by atoms with Gasteiger partial charge in [0.25, 0.3) is 0 Å². The summed E-state index contributed by atoms with van der Waals surface area (Å²) in [6.07, 6.45) is 3.74. The molecule has 0 unspecified atom stereocenters. The normalized spacial score (nSPS) is 13.4. The van der Waals surface area contributed by atoms with Gasteiger partial charge in [0.2, 0.25) is 0 Å². The number of hydrogen-bond acceptors (Lipinski definition) is 2. The first-order chi connectivity index (χ1) is 6.06. The molecule has 1 heterocycles. The fourth-order valence-corrected chi connectivity index (χ4v) is 0.964. The van der Waals surface area contributed by atoms with Crippen molar-refractivity contribution in [1.29, 1.82) is 0 Å². The molecule has 0 aliphatic carbocycles. The lowest BCUT2D eigenvalue weighted by Gasteiger charge is -2.24. The van der Waals surface area contributed by atoms with E-state index in [0.29, 0.717) is 0 Å². The van der Waals surface area contributed by atoms with E-state index in [-0.39, 0.29) is 5.54 Å². The van der Waals surface area contributed by atoms with Crippen LogP contribution in [-0.4, -0.2) is 12.6 Å². The van der Waals surface area contributed by atoms with E-state index in [9.17, 15) is 0 Å². The molecule has 0 saturated heterocycles. The lowest BCUT2D eigenvalue weighted by Crippen LogP contribution is -2.37. The molecule has 2 nitrogen and oxygen atoms in total. The summed E-state index contributed by atoms with van der Waals surface area (Å²) in [4.78, 5) is 0. The highest BCUT2D eigenvalue weighted by Gasteiger charge is 2.16. The molecule has 0 spiro atoms. The van der Waals surface area contributed by atoms with Crippen LogP contribution in [0.15, 0.2) is 28.4 Å². The van der Waals surface area contributed by atoms with E-state index in [0.717, 1.165) is 5.76 Å². The van der Waals surface area contributed by atoms with Crippen LogP contribution >= 0.6 is 0 Å². The number of likely N-dealkylation sites (N-methyl/N-ethyl adjacent to an activating group) is 1. The van der Waals surface area contributed by atoms with Crippen molar-refractivity contribution in [2.75, 3.05) is 7.05 Å². The maximum absolute atomic E-state index is 5.24. The third-order valence-corrected chi connectivity index (χ3v) is 2.51. The molecule has 0 aliphatic heterocycles. The number of furan rings is 1. The van der Waals surface area contributed by atoms with Crippen molar-refractivity contribution in [2.45, 2.75) is 26.3 Å². The zero-order valence-electron chi connectivity index (χ0n) is 8.72. The van der Waals surface area contributed by atoms with Crippen LogP contribution < -0.4 is 5.32 Å². The van der Waals surface area contributed by atoms with Crippen molar-refractivity contribution in [2.24, 2.45) is 0 Å². The molecule has 1 aromatic rings. The van der Waals surface area contributed by atoms with Gasteiger partial charge in [-0.15, -0.1) is 0 Å². The van der Waals surface area contributed by atoms with Gasteiger partial charge in [-0.1, -0.05) is 5.57 Å². The highest BCUT2D eigenvalue weighted by Crippen LogP contribution is 2.18. The van der Waals surface area contributed by atoms with Crippen molar-refractivity contribution in [3.05, 3.63) is 29.7 Å². The Morgan fingerprint density at radius 2 is 2.23 bits per heavy atom. The molecular weight excluding hydrogens is 162 g/mol. The Morgan fingerprint density at radius 1 is 1.54 bits per heavy atom. The first kappa shape index (κ1) is 10.1. The van der Waals surface area contributed by atoms with Crippen LogP contribution in [0.2, 0.25) is 0 Å². The highest BCUT2D eigenvalue weighted by molar-refractivity contribution is 5.49. The number of nitrogens with one attached hydrogen (secondary N) is 1.